The summed E-state index contributed by atoms with van der Waals surface area (Å²) >= 11 is 0. The number of carbonyl (C=O) groups is 3. The van der Waals surface area contributed by atoms with Crippen LogP contribution in [0.5, 0.6) is 0 Å². The van der Waals surface area contributed by atoms with Crippen molar-refractivity contribution in [3.05, 3.63) is 12.7 Å². The topological polar surface area (TPSA) is 72.9 Å². The normalized spacial score (nSPS) is 11.5. The zero-order valence-electron chi connectivity index (χ0n) is 18.0. The van der Waals surface area contributed by atoms with Gasteiger partial charge in [-0.15, -0.1) is 6.58 Å². The molecule has 0 saturated heterocycles. The van der Waals surface area contributed by atoms with Gasteiger partial charge < -0.3 is 14.4 Å². The fourth-order valence-electron chi connectivity index (χ4n) is 3.08. The first-order valence-electron chi connectivity index (χ1n) is 10.6. The summed E-state index contributed by atoms with van der Waals surface area (Å²) in [5, 5.41) is 0. The summed E-state index contributed by atoms with van der Waals surface area (Å²) in [5.41, 5.74) is 0. The minimum atomic E-state index is -0.255. The van der Waals surface area contributed by atoms with Crippen molar-refractivity contribution in [3.63, 3.8) is 0 Å². The van der Waals surface area contributed by atoms with Crippen LogP contribution in [-0.4, -0.2) is 48.5 Å². The Morgan fingerprint density at radius 1 is 0.964 bits per heavy atom. The lowest BCUT2D eigenvalue weighted by molar-refractivity contribution is -0.147. The van der Waals surface area contributed by atoms with Crippen molar-refractivity contribution >= 4 is 17.8 Å². The molecule has 0 N–H and O–H groups in total. The molecule has 6 heteroatoms. The van der Waals surface area contributed by atoms with E-state index in [2.05, 4.69) is 6.58 Å². The van der Waals surface area contributed by atoms with E-state index in [4.69, 9.17) is 9.47 Å². The first-order chi connectivity index (χ1) is 13.4. The molecule has 0 aromatic rings. The second kappa shape index (κ2) is 17.3. The summed E-state index contributed by atoms with van der Waals surface area (Å²) in [4.78, 5) is 36.3. The van der Waals surface area contributed by atoms with Crippen LogP contribution in [0.25, 0.3) is 0 Å². The van der Waals surface area contributed by atoms with Crippen LogP contribution in [0.3, 0.4) is 0 Å². The van der Waals surface area contributed by atoms with E-state index in [1.807, 2.05) is 17.9 Å². The third kappa shape index (κ3) is 15.2. The Morgan fingerprint density at radius 3 is 2.21 bits per heavy atom. The number of allylic oxidation sites excluding steroid dienone is 1. The minimum Gasteiger partial charge on any atom is -0.466 e. The molecule has 0 spiro atoms. The van der Waals surface area contributed by atoms with Crippen LogP contribution in [0.4, 0.5) is 0 Å². The van der Waals surface area contributed by atoms with E-state index >= 15 is 0 Å². The molecule has 0 aromatic carbocycles. The Bertz CT molecular complexity index is 464. The highest BCUT2D eigenvalue weighted by Gasteiger charge is 2.14. The van der Waals surface area contributed by atoms with E-state index in [1.54, 1.807) is 6.92 Å². The van der Waals surface area contributed by atoms with Gasteiger partial charge in [-0.2, -0.15) is 0 Å². The Hall–Kier alpha value is -1.85. The maximum absolute atomic E-state index is 11.9. The molecule has 0 radical (unpaired) electrons. The van der Waals surface area contributed by atoms with Crippen LogP contribution < -0.4 is 0 Å². The summed E-state index contributed by atoms with van der Waals surface area (Å²) in [6.45, 7) is 10.4. The first-order valence-corrected chi connectivity index (χ1v) is 10.6. The molecule has 0 aliphatic rings. The summed E-state index contributed by atoms with van der Waals surface area (Å²) in [7, 11) is 0. The van der Waals surface area contributed by atoms with Crippen LogP contribution in [0.2, 0.25) is 0 Å². The van der Waals surface area contributed by atoms with E-state index in [0.717, 1.165) is 64.3 Å². The molecule has 0 aromatic heterocycles. The van der Waals surface area contributed by atoms with Crippen molar-refractivity contribution < 1.29 is 23.9 Å². The second-order valence-electron chi connectivity index (χ2n) is 7.07. The molecule has 0 bridgehead atoms. The van der Waals surface area contributed by atoms with Gasteiger partial charge in [-0.25, -0.2) is 0 Å². The summed E-state index contributed by atoms with van der Waals surface area (Å²) in [6.07, 6.45) is 10.2. The zero-order valence-corrected chi connectivity index (χ0v) is 18.0. The van der Waals surface area contributed by atoms with Crippen molar-refractivity contribution in [2.45, 2.75) is 91.1 Å². The number of rotatable bonds is 17. The van der Waals surface area contributed by atoms with Gasteiger partial charge in [-0.3, -0.25) is 14.4 Å². The zero-order chi connectivity index (χ0) is 21.2. The molecule has 0 aliphatic heterocycles. The number of ether oxygens (including phenoxy) is 2. The highest BCUT2D eigenvalue weighted by molar-refractivity contribution is 5.73. The van der Waals surface area contributed by atoms with E-state index < -0.39 is 0 Å². The highest BCUT2D eigenvalue weighted by atomic mass is 16.5. The molecule has 0 heterocycles. The van der Waals surface area contributed by atoms with Gasteiger partial charge >= 0.3 is 11.9 Å². The predicted octanol–water partition coefficient (Wildman–Crippen LogP) is 4.42. The first kappa shape index (κ1) is 26.1. The number of nitrogens with zero attached hydrogens (tertiary/aromatic N) is 1. The summed E-state index contributed by atoms with van der Waals surface area (Å²) in [6, 6.07) is 0. The fraction of sp³-hybridized carbons (Fsp3) is 0.773. The van der Waals surface area contributed by atoms with Crippen LogP contribution in [-0.2, 0) is 23.9 Å². The van der Waals surface area contributed by atoms with E-state index in [-0.39, 0.29) is 23.9 Å². The number of amides is 1. The van der Waals surface area contributed by atoms with E-state index in [1.165, 1.54) is 6.92 Å². The Labute approximate surface area is 170 Å². The number of carbonyl (C=O) groups excluding carboxylic acids is 3. The van der Waals surface area contributed by atoms with Crippen molar-refractivity contribution in [2.75, 3.05) is 19.7 Å². The number of esters is 2. The predicted molar refractivity (Wildman–Crippen MR) is 111 cm³/mol. The lowest BCUT2D eigenvalue weighted by Gasteiger charge is -2.23. The Morgan fingerprint density at radius 2 is 1.61 bits per heavy atom. The number of hydrogen-bond acceptors (Lipinski definition) is 5. The Kier molecular flexibility index (Phi) is 16.1. The maximum Gasteiger partial charge on any atom is 0.305 e. The SMILES string of the molecule is C=CCCCC(CCCN(CCCCCCC(=O)OCC)C(C)=O)OC(C)=O. The molecule has 1 unspecified atom stereocenters. The smallest absolute Gasteiger partial charge is 0.305 e. The molecule has 162 valence electrons. The minimum absolute atomic E-state index is 0.0715. The molecule has 0 saturated carbocycles. The standard InChI is InChI=1S/C22H39NO5/c1-5-7-10-14-21(28-20(4)25)15-13-18-23(19(3)24)17-12-9-8-11-16-22(26)27-6-2/h5,21H,1,6-18H2,2-4H3. The molecule has 1 amide bonds. The monoisotopic (exact) mass is 397 g/mol. The van der Waals surface area contributed by atoms with Crippen LogP contribution in [0.15, 0.2) is 12.7 Å². The average Bonchev–Trinajstić information content (AvgIpc) is 2.62. The second-order valence-corrected chi connectivity index (χ2v) is 7.07. The molecular weight excluding hydrogens is 358 g/mol. The number of unbranched alkanes of at least 4 members (excludes halogenated alkanes) is 4. The van der Waals surface area contributed by atoms with Crippen LogP contribution in [0, 0.1) is 0 Å². The average molecular weight is 398 g/mol. The van der Waals surface area contributed by atoms with E-state index in [0.29, 0.717) is 19.6 Å². The third-order valence-electron chi connectivity index (χ3n) is 4.53. The fourth-order valence-corrected chi connectivity index (χ4v) is 3.08. The molecular formula is C22H39NO5. The molecule has 6 nitrogen and oxygen atoms in total. The summed E-state index contributed by atoms with van der Waals surface area (Å²) < 4.78 is 10.3. The molecule has 0 fully saturated rings. The van der Waals surface area contributed by atoms with Crippen LogP contribution >= 0.6 is 0 Å². The quantitative estimate of drug-likeness (QED) is 0.206. The summed E-state index contributed by atoms with van der Waals surface area (Å²) in [5.74, 6) is -0.319. The van der Waals surface area contributed by atoms with Crippen molar-refractivity contribution in [3.8, 4) is 0 Å². The molecule has 0 aliphatic carbocycles. The van der Waals surface area contributed by atoms with Crippen LogP contribution in [0.1, 0.15) is 85.0 Å². The van der Waals surface area contributed by atoms with Crippen molar-refractivity contribution in [2.24, 2.45) is 0 Å². The Balaban J connectivity index is 4.07. The highest BCUT2D eigenvalue weighted by Crippen LogP contribution is 2.13. The molecule has 1 atom stereocenters. The van der Waals surface area contributed by atoms with Gasteiger partial charge in [-0.05, 0) is 51.9 Å². The number of hydrogen-bond donors (Lipinski definition) is 0. The van der Waals surface area contributed by atoms with Gasteiger partial charge in [0.05, 0.1) is 6.61 Å². The maximum atomic E-state index is 11.9. The van der Waals surface area contributed by atoms with Crippen molar-refractivity contribution in [1.82, 2.24) is 4.90 Å². The third-order valence-corrected chi connectivity index (χ3v) is 4.53. The van der Waals surface area contributed by atoms with Gasteiger partial charge in [0, 0.05) is 33.4 Å². The van der Waals surface area contributed by atoms with Gasteiger partial charge in [-0.1, -0.05) is 18.9 Å². The lowest BCUT2D eigenvalue weighted by atomic mass is 10.1. The molecule has 0 rings (SSSR count). The van der Waals surface area contributed by atoms with Gasteiger partial charge in [0.2, 0.25) is 5.91 Å². The van der Waals surface area contributed by atoms with Crippen molar-refractivity contribution in [1.29, 1.82) is 0 Å². The van der Waals surface area contributed by atoms with Gasteiger partial charge in [0.25, 0.3) is 0 Å². The van der Waals surface area contributed by atoms with E-state index in [9.17, 15) is 14.4 Å². The van der Waals surface area contributed by atoms with Gasteiger partial charge in [0.15, 0.2) is 0 Å². The molecule has 28 heavy (non-hydrogen) atoms. The largest absolute Gasteiger partial charge is 0.466 e. The lowest BCUT2D eigenvalue weighted by Crippen LogP contribution is -2.31. The van der Waals surface area contributed by atoms with Gasteiger partial charge in [0.1, 0.15) is 6.10 Å².